The van der Waals surface area contributed by atoms with Gasteiger partial charge in [-0.05, 0) is 57.8 Å². The highest BCUT2D eigenvalue weighted by Gasteiger charge is 2.21. The van der Waals surface area contributed by atoms with Crippen LogP contribution in [-0.4, -0.2) is 30.7 Å². The number of rotatable bonds is 4. The molecule has 0 atom stereocenters. The van der Waals surface area contributed by atoms with Crippen molar-refractivity contribution in [3.05, 3.63) is 24.6 Å². The summed E-state index contributed by atoms with van der Waals surface area (Å²) in [5.74, 6) is 1.81. The van der Waals surface area contributed by atoms with Crippen LogP contribution in [-0.2, 0) is 0 Å². The van der Waals surface area contributed by atoms with Gasteiger partial charge in [-0.2, -0.15) is 0 Å². The van der Waals surface area contributed by atoms with E-state index in [1.165, 1.54) is 12.8 Å². The van der Waals surface area contributed by atoms with Gasteiger partial charge in [0.2, 0.25) is 0 Å². The molecule has 0 aliphatic carbocycles. The second-order valence-corrected chi connectivity index (χ2v) is 5.91. The minimum atomic E-state index is 0.442. The van der Waals surface area contributed by atoms with Gasteiger partial charge in [-0.15, -0.1) is 0 Å². The maximum Gasteiger partial charge on any atom is 0.139 e. The molecule has 1 aliphatic rings. The summed E-state index contributed by atoms with van der Waals surface area (Å²) in [4.78, 5) is 7.04. The summed E-state index contributed by atoms with van der Waals surface area (Å²) in [5, 5.41) is 4.55. The molecule has 0 saturated carbocycles. The van der Waals surface area contributed by atoms with E-state index < -0.39 is 0 Å². The van der Waals surface area contributed by atoms with Crippen molar-refractivity contribution in [2.75, 3.05) is 24.5 Å². The van der Waals surface area contributed by atoms with E-state index in [4.69, 9.17) is 4.42 Å². The Labute approximate surface area is 120 Å². The largest absolute Gasteiger partial charge is 0.464 e. The minimum absolute atomic E-state index is 0.442. The normalized spacial score (nSPS) is 16.9. The first kappa shape index (κ1) is 13.4. The van der Waals surface area contributed by atoms with Crippen LogP contribution in [0.2, 0.25) is 0 Å². The first-order valence-electron chi connectivity index (χ1n) is 7.55. The van der Waals surface area contributed by atoms with E-state index >= 15 is 0 Å². The fraction of sp³-hybridized carbons (Fsp3) is 0.562. The molecule has 2 aromatic heterocycles. The monoisotopic (exact) mass is 273 g/mol. The number of piperidine rings is 1. The second kappa shape index (κ2) is 5.83. The molecule has 0 bridgehead atoms. The van der Waals surface area contributed by atoms with Crippen LogP contribution >= 0.6 is 0 Å². The van der Waals surface area contributed by atoms with Gasteiger partial charge >= 0.3 is 0 Å². The zero-order valence-electron chi connectivity index (χ0n) is 12.3. The molecule has 1 saturated heterocycles. The summed E-state index contributed by atoms with van der Waals surface area (Å²) in [6.07, 6.45) is 6.10. The number of aromatic nitrogens is 1. The van der Waals surface area contributed by atoms with Crippen LogP contribution in [0.3, 0.4) is 0 Å². The molecule has 3 heterocycles. The van der Waals surface area contributed by atoms with Gasteiger partial charge < -0.3 is 14.6 Å². The first-order valence-corrected chi connectivity index (χ1v) is 7.55. The Morgan fingerprint density at radius 1 is 1.35 bits per heavy atom. The quantitative estimate of drug-likeness (QED) is 0.929. The number of fused-ring (bicyclic) bond motifs is 1. The standard InChI is InChI=1S/C16H23N3O/c1-12(2)19(11-13-3-7-17-8-4-13)16-14-6-10-20-15(14)5-9-18-16/h5-6,9-10,12-13,17H,3-4,7-8,11H2,1-2H3. The van der Waals surface area contributed by atoms with Gasteiger partial charge in [0.15, 0.2) is 0 Å². The Morgan fingerprint density at radius 3 is 2.90 bits per heavy atom. The van der Waals surface area contributed by atoms with Crippen molar-refractivity contribution >= 4 is 16.8 Å². The van der Waals surface area contributed by atoms with Crippen LogP contribution in [0, 0.1) is 5.92 Å². The second-order valence-electron chi connectivity index (χ2n) is 5.91. The van der Waals surface area contributed by atoms with Crippen molar-refractivity contribution in [2.45, 2.75) is 32.7 Å². The lowest BCUT2D eigenvalue weighted by Gasteiger charge is -2.34. The molecule has 3 rings (SSSR count). The highest BCUT2D eigenvalue weighted by atomic mass is 16.3. The summed E-state index contributed by atoms with van der Waals surface area (Å²) in [6.45, 7) is 7.83. The lowest BCUT2D eigenvalue weighted by atomic mass is 9.97. The number of nitrogens with one attached hydrogen (secondary N) is 1. The molecular formula is C16H23N3O. The molecule has 2 aromatic rings. The van der Waals surface area contributed by atoms with E-state index in [0.29, 0.717) is 6.04 Å². The topological polar surface area (TPSA) is 41.3 Å². The SMILES string of the molecule is CC(C)N(CC1CCNCC1)c1nccc2occc12. The Kier molecular flexibility index (Phi) is 3.92. The third kappa shape index (κ3) is 2.66. The van der Waals surface area contributed by atoms with E-state index in [1.54, 1.807) is 6.26 Å². The minimum Gasteiger partial charge on any atom is -0.464 e. The van der Waals surface area contributed by atoms with Crippen LogP contribution in [0.1, 0.15) is 26.7 Å². The molecular weight excluding hydrogens is 250 g/mol. The molecule has 1 fully saturated rings. The predicted molar refractivity (Wildman–Crippen MR) is 82.1 cm³/mol. The average Bonchev–Trinajstić information content (AvgIpc) is 2.94. The number of anilines is 1. The molecule has 0 spiro atoms. The van der Waals surface area contributed by atoms with Gasteiger partial charge in [0.1, 0.15) is 11.4 Å². The number of hydrogen-bond donors (Lipinski definition) is 1. The van der Waals surface area contributed by atoms with Crippen molar-refractivity contribution in [3.63, 3.8) is 0 Å². The molecule has 0 amide bonds. The molecule has 1 N–H and O–H groups in total. The highest BCUT2D eigenvalue weighted by molar-refractivity contribution is 5.88. The Bertz CT molecular complexity index is 558. The molecule has 0 unspecified atom stereocenters. The Hall–Kier alpha value is -1.55. The summed E-state index contributed by atoms with van der Waals surface area (Å²) >= 11 is 0. The summed E-state index contributed by atoms with van der Waals surface area (Å²) in [5.41, 5.74) is 0.922. The number of nitrogens with zero attached hydrogens (tertiary/aromatic N) is 2. The predicted octanol–water partition coefficient (Wildman–Crippen LogP) is 3.04. The number of pyridine rings is 1. The van der Waals surface area contributed by atoms with Crippen molar-refractivity contribution in [1.82, 2.24) is 10.3 Å². The van der Waals surface area contributed by atoms with Gasteiger partial charge in [-0.25, -0.2) is 4.98 Å². The first-order chi connectivity index (χ1) is 9.75. The Balaban J connectivity index is 1.87. The highest BCUT2D eigenvalue weighted by Crippen LogP contribution is 2.28. The average molecular weight is 273 g/mol. The van der Waals surface area contributed by atoms with E-state index in [9.17, 15) is 0 Å². The van der Waals surface area contributed by atoms with Crippen molar-refractivity contribution in [2.24, 2.45) is 5.92 Å². The Morgan fingerprint density at radius 2 is 2.15 bits per heavy atom. The van der Waals surface area contributed by atoms with Crippen LogP contribution in [0.15, 0.2) is 29.0 Å². The zero-order valence-corrected chi connectivity index (χ0v) is 12.3. The van der Waals surface area contributed by atoms with E-state index in [0.717, 1.165) is 42.3 Å². The van der Waals surface area contributed by atoms with Gasteiger partial charge in [-0.3, -0.25) is 0 Å². The molecule has 0 radical (unpaired) electrons. The van der Waals surface area contributed by atoms with Crippen LogP contribution in [0.4, 0.5) is 5.82 Å². The van der Waals surface area contributed by atoms with Crippen molar-refractivity contribution in [3.8, 4) is 0 Å². The van der Waals surface area contributed by atoms with Gasteiger partial charge in [0.05, 0.1) is 11.6 Å². The maximum atomic E-state index is 5.50. The van der Waals surface area contributed by atoms with Crippen LogP contribution in [0.5, 0.6) is 0 Å². The van der Waals surface area contributed by atoms with E-state index in [1.807, 2.05) is 18.3 Å². The molecule has 20 heavy (non-hydrogen) atoms. The van der Waals surface area contributed by atoms with Crippen molar-refractivity contribution in [1.29, 1.82) is 0 Å². The third-order valence-corrected chi connectivity index (χ3v) is 4.17. The lowest BCUT2D eigenvalue weighted by molar-refractivity contribution is 0.367. The van der Waals surface area contributed by atoms with Crippen LogP contribution in [0.25, 0.3) is 11.0 Å². The van der Waals surface area contributed by atoms with Crippen molar-refractivity contribution < 1.29 is 4.42 Å². The maximum absolute atomic E-state index is 5.50. The molecule has 108 valence electrons. The summed E-state index contributed by atoms with van der Waals surface area (Å²) < 4.78 is 5.50. The fourth-order valence-corrected chi connectivity index (χ4v) is 2.99. The van der Waals surface area contributed by atoms with Gasteiger partial charge in [0, 0.05) is 18.8 Å². The zero-order chi connectivity index (χ0) is 13.9. The lowest BCUT2D eigenvalue weighted by Crippen LogP contribution is -2.40. The smallest absolute Gasteiger partial charge is 0.139 e. The van der Waals surface area contributed by atoms with E-state index in [2.05, 4.69) is 29.0 Å². The molecule has 4 nitrogen and oxygen atoms in total. The fourth-order valence-electron chi connectivity index (χ4n) is 2.99. The molecule has 0 aromatic carbocycles. The van der Waals surface area contributed by atoms with Crippen LogP contribution < -0.4 is 10.2 Å². The van der Waals surface area contributed by atoms with Gasteiger partial charge in [0.25, 0.3) is 0 Å². The summed E-state index contributed by atoms with van der Waals surface area (Å²) in [7, 11) is 0. The number of furan rings is 1. The summed E-state index contributed by atoms with van der Waals surface area (Å²) in [6, 6.07) is 4.40. The molecule has 1 aliphatic heterocycles. The number of hydrogen-bond acceptors (Lipinski definition) is 4. The molecule has 4 heteroatoms. The van der Waals surface area contributed by atoms with E-state index in [-0.39, 0.29) is 0 Å². The third-order valence-electron chi connectivity index (χ3n) is 4.17. The van der Waals surface area contributed by atoms with Gasteiger partial charge in [-0.1, -0.05) is 0 Å².